The van der Waals surface area contributed by atoms with Gasteiger partial charge in [-0.05, 0) is 44.4 Å². The van der Waals surface area contributed by atoms with Crippen LogP contribution in [0.25, 0.3) is 0 Å². The maximum atomic E-state index is 6.35. The maximum absolute atomic E-state index is 6.35. The first-order valence-electron chi connectivity index (χ1n) is 6.21. The minimum atomic E-state index is 0.0344. The monoisotopic (exact) mass is 260 g/mol. The highest BCUT2D eigenvalue weighted by Gasteiger charge is 2.14. The summed E-state index contributed by atoms with van der Waals surface area (Å²) in [6.07, 6.45) is 0.815. The molecule has 0 spiro atoms. The number of hydrogen-bond donors (Lipinski definition) is 1. The van der Waals surface area contributed by atoms with Crippen molar-refractivity contribution in [2.24, 2.45) is 5.73 Å². The highest BCUT2D eigenvalue weighted by molar-refractivity contribution is 7.09. The van der Waals surface area contributed by atoms with Crippen molar-refractivity contribution in [2.45, 2.75) is 40.2 Å². The molecule has 0 aliphatic heterocycles. The van der Waals surface area contributed by atoms with E-state index in [0.717, 1.165) is 17.1 Å². The second-order valence-electron chi connectivity index (χ2n) is 4.98. The normalized spacial score (nSPS) is 12.7. The molecule has 2 nitrogen and oxygen atoms in total. The van der Waals surface area contributed by atoms with Gasteiger partial charge in [0, 0.05) is 17.8 Å². The average Bonchev–Trinajstić information content (AvgIpc) is 2.62. The van der Waals surface area contributed by atoms with Gasteiger partial charge in [0.2, 0.25) is 0 Å². The van der Waals surface area contributed by atoms with Gasteiger partial charge in [-0.3, -0.25) is 0 Å². The second kappa shape index (κ2) is 5.21. The molecule has 0 fully saturated rings. The summed E-state index contributed by atoms with van der Waals surface area (Å²) < 4.78 is 0. The minimum absolute atomic E-state index is 0.0344. The predicted octanol–water partition coefficient (Wildman–Crippen LogP) is 3.62. The van der Waals surface area contributed by atoms with Crippen molar-refractivity contribution in [3.8, 4) is 0 Å². The van der Waals surface area contributed by atoms with Gasteiger partial charge in [-0.1, -0.05) is 17.7 Å². The van der Waals surface area contributed by atoms with E-state index in [1.807, 2.05) is 6.92 Å². The molecule has 0 aliphatic carbocycles. The summed E-state index contributed by atoms with van der Waals surface area (Å²) in [5, 5.41) is 3.21. The first-order valence-corrected chi connectivity index (χ1v) is 7.09. The standard InChI is InChI=1S/C15H20N2S/c1-9-5-10(2)15(11(3)6-9)14(16)7-13-8-18-12(4)17-13/h5-6,8,14H,7,16H2,1-4H3. The molecule has 1 aromatic heterocycles. The molecule has 18 heavy (non-hydrogen) atoms. The largest absolute Gasteiger partial charge is 0.324 e. The van der Waals surface area contributed by atoms with E-state index in [0.29, 0.717) is 0 Å². The quantitative estimate of drug-likeness (QED) is 0.915. The highest BCUT2D eigenvalue weighted by Crippen LogP contribution is 2.25. The average molecular weight is 260 g/mol. The van der Waals surface area contributed by atoms with E-state index in [-0.39, 0.29) is 6.04 Å². The fourth-order valence-corrected chi connectivity index (χ4v) is 3.23. The molecule has 0 saturated heterocycles. The summed E-state index contributed by atoms with van der Waals surface area (Å²) in [6, 6.07) is 4.44. The Morgan fingerprint density at radius 1 is 1.17 bits per heavy atom. The van der Waals surface area contributed by atoms with Gasteiger partial charge in [-0.25, -0.2) is 4.98 Å². The fourth-order valence-electron chi connectivity index (χ4n) is 2.61. The molecule has 3 heteroatoms. The Morgan fingerprint density at radius 2 is 1.78 bits per heavy atom. The van der Waals surface area contributed by atoms with E-state index < -0.39 is 0 Å². The number of nitrogens with zero attached hydrogens (tertiary/aromatic N) is 1. The first-order chi connectivity index (χ1) is 8.47. The molecular weight excluding hydrogens is 240 g/mol. The van der Waals surface area contributed by atoms with Crippen LogP contribution in [0.15, 0.2) is 17.5 Å². The van der Waals surface area contributed by atoms with Crippen molar-refractivity contribution in [3.05, 3.63) is 50.5 Å². The van der Waals surface area contributed by atoms with Crippen LogP contribution >= 0.6 is 11.3 Å². The lowest BCUT2D eigenvalue weighted by atomic mass is 9.92. The molecule has 0 aliphatic rings. The van der Waals surface area contributed by atoms with Crippen molar-refractivity contribution in [3.63, 3.8) is 0 Å². The molecule has 2 N–H and O–H groups in total. The van der Waals surface area contributed by atoms with Crippen LogP contribution in [0.1, 0.15) is 39.0 Å². The van der Waals surface area contributed by atoms with Gasteiger partial charge in [-0.2, -0.15) is 0 Å². The number of aromatic nitrogens is 1. The summed E-state index contributed by atoms with van der Waals surface area (Å²) in [5.74, 6) is 0. The van der Waals surface area contributed by atoms with Gasteiger partial charge in [0.05, 0.1) is 10.7 Å². The lowest BCUT2D eigenvalue weighted by molar-refractivity contribution is 0.699. The van der Waals surface area contributed by atoms with E-state index in [9.17, 15) is 0 Å². The summed E-state index contributed by atoms with van der Waals surface area (Å²) in [7, 11) is 0. The molecular formula is C15H20N2S. The van der Waals surface area contributed by atoms with Crippen molar-refractivity contribution in [2.75, 3.05) is 0 Å². The van der Waals surface area contributed by atoms with Crippen molar-refractivity contribution >= 4 is 11.3 Å². The minimum Gasteiger partial charge on any atom is -0.324 e. The van der Waals surface area contributed by atoms with Crippen LogP contribution in [0.4, 0.5) is 0 Å². The van der Waals surface area contributed by atoms with Gasteiger partial charge in [0.25, 0.3) is 0 Å². The zero-order valence-corrected chi connectivity index (χ0v) is 12.3. The smallest absolute Gasteiger partial charge is 0.0897 e. The van der Waals surface area contributed by atoms with Gasteiger partial charge in [-0.15, -0.1) is 11.3 Å². The van der Waals surface area contributed by atoms with Gasteiger partial charge >= 0.3 is 0 Å². The third-order valence-corrected chi connectivity index (χ3v) is 4.03. The van der Waals surface area contributed by atoms with Crippen LogP contribution in [0.5, 0.6) is 0 Å². The number of hydrogen-bond acceptors (Lipinski definition) is 3. The fraction of sp³-hybridized carbons (Fsp3) is 0.400. The summed E-state index contributed by atoms with van der Waals surface area (Å²) in [6.45, 7) is 8.43. The van der Waals surface area contributed by atoms with E-state index in [2.05, 4.69) is 43.3 Å². The number of aryl methyl sites for hydroxylation is 4. The zero-order valence-electron chi connectivity index (χ0n) is 11.4. The van der Waals surface area contributed by atoms with Crippen LogP contribution in [0, 0.1) is 27.7 Å². The first kappa shape index (κ1) is 13.2. The number of benzene rings is 1. The molecule has 0 saturated carbocycles. The van der Waals surface area contributed by atoms with Crippen LogP contribution in [0.3, 0.4) is 0 Å². The highest BCUT2D eigenvalue weighted by atomic mass is 32.1. The molecule has 2 rings (SSSR count). The lowest BCUT2D eigenvalue weighted by Gasteiger charge is -2.17. The third kappa shape index (κ3) is 2.79. The molecule has 0 amide bonds. The van der Waals surface area contributed by atoms with Crippen LogP contribution in [-0.4, -0.2) is 4.98 Å². The molecule has 0 bridgehead atoms. The second-order valence-corrected chi connectivity index (χ2v) is 6.04. The topological polar surface area (TPSA) is 38.9 Å². The molecule has 1 aromatic carbocycles. The van der Waals surface area contributed by atoms with Crippen molar-refractivity contribution in [1.29, 1.82) is 0 Å². The van der Waals surface area contributed by atoms with Gasteiger partial charge < -0.3 is 5.73 Å². The van der Waals surface area contributed by atoms with Crippen LogP contribution in [0.2, 0.25) is 0 Å². The number of thiazole rings is 1. The molecule has 96 valence electrons. The van der Waals surface area contributed by atoms with E-state index in [1.165, 1.54) is 22.3 Å². The zero-order chi connectivity index (χ0) is 13.3. The van der Waals surface area contributed by atoms with E-state index in [1.54, 1.807) is 11.3 Å². The SMILES string of the molecule is Cc1cc(C)c(C(N)Cc2csc(C)n2)c(C)c1. The molecule has 1 atom stereocenters. The number of rotatable bonds is 3. The number of nitrogens with two attached hydrogens (primary N) is 1. The Morgan fingerprint density at radius 3 is 2.28 bits per heavy atom. The van der Waals surface area contributed by atoms with E-state index in [4.69, 9.17) is 5.73 Å². The molecule has 1 heterocycles. The van der Waals surface area contributed by atoms with Gasteiger partial charge in [0.15, 0.2) is 0 Å². The summed E-state index contributed by atoms with van der Waals surface area (Å²) in [5.41, 5.74) is 12.6. The molecule has 1 unspecified atom stereocenters. The van der Waals surface area contributed by atoms with Crippen LogP contribution in [-0.2, 0) is 6.42 Å². The maximum Gasteiger partial charge on any atom is 0.0897 e. The predicted molar refractivity (Wildman–Crippen MR) is 78.1 cm³/mol. The Bertz CT molecular complexity index is 534. The lowest BCUT2D eigenvalue weighted by Crippen LogP contribution is -2.16. The Kier molecular flexibility index (Phi) is 3.83. The summed E-state index contributed by atoms with van der Waals surface area (Å²) in [4.78, 5) is 4.49. The van der Waals surface area contributed by atoms with Crippen molar-refractivity contribution in [1.82, 2.24) is 4.98 Å². The van der Waals surface area contributed by atoms with Crippen LogP contribution < -0.4 is 5.73 Å². The Labute approximate surface area is 113 Å². The van der Waals surface area contributed by atoms with E-state index >= 15 is 0 Å². The van der Waals surface area contributed by atoms with Crippen molar-refractivity contribution < 1.29 is 0 Å². The Hall–Kier alpha value is -1.19. The molecule has 2 aromatic rings. The third-order valence-electron chi connectivity index (χ3n) is 3.20. The summed E-state index contributed by atoms with van der Waals surface area (Å²) >= 11 is 1.69. The molecule has 0 radical (unpaired) electrons. The Balaban J connectivity index is 2.26. The van der Waals surface area contributed by atoms with Gasteiger partial charge in [0.1, 0.15) is 0 Å².